The SMILES string of the molecule is Cn1c2ccc(OC[C@H](O/N=C(\C(=O)C[C@@H]3C(=O)N(OS(=O)(=O)O)C3(C)C)c3csc(N)n3)C(=O)O)cc2c[n+]1CC1CNC1. The highest BCUT2D eigenvalue weighted by Crippen LogP contribution is 2.40. The number of aromatic nitrogens is 3. The summed E-state index contributed by atoms with van der Waals surface area (Å²) < 4.78 is 45.4. The number of ketones is 1. The van der Waals surface area contributed by atoms with Crippen LogP contribution in [0.2, 0.25) is 0 Å². The van der Waals surface area contributed by atoms with Crippen LogP contribution in [-0.4, -0.2) is 87.5 Å². The molecule has 2 atom stereocenters. The lowest BCUT2D eigenvalue weighted by atomic mass is 9.74. The number of benzene rings is 1. The number of carboxylic acid groups (broad SMARTS) is 1. The van der Waals surface area contributed by atoms with Crippen molar-refractivity contribution in [3.05, 3.63) is 35.5 Å². The highest BCUT2D eigenvalue weighted by molar-refractivity contribution is 7.80. The fraction of sp³-hybridized carbons (Fsp3) is 0.462. The summed E-state index contributed by atoms with van der Waals surface area (Å²) in [6.45, 7) is 5.19. The summed E-state index contributed by atoms with van der Waals surface area (Å²) in [7, 11) is -3.02. The van der Waals surface area contributed by atoms with Crippen molar-refractivity contribution in [2.45, 2.75) is 38.5 Å². The van der Waals surface area contributed by atoms with E-state index in [1.807, 2.05) is 24.0 Å². The van der Waals surface area contributed by atoms with E-state index >= 15 is 0 Å². The topological polar surface area (TPSA) is 229 Å². The van der Waals surface area contributed by atoms with Crippen molar-refractivity contribution in [3.63, 3.8) is 0 Å². The number of nitrogens with zero attached hydrogens (tertiary/aromatic N) is 5. The van der Waals surface area contributed by atoms with Crippen molar-refractivity contribution in [2.24, 2.45) is 24.0 Å². The smallest absolute Gasteiger partial charge is 0.418 e. The minimum atomic E-state index is -4.98. The van der Waals surface area contributed by atoms with E-state index < -0.39 is 64.4 Å². The summed E-state index contributed by atoms with van der Waals surface area (Å²) in [5.41, 5.74) is 4.97. The maximum Gasteiger partial charge on any atom is 0.418 e. The first kappa shape index (κ1) is 32.2. The van der Waals surface area contributed by atoms with E-state index in [2.05, 4.69) is 24.4 Å². The molecule has 1 aromatic carbocycles. The molecule has 0 unspecified atom stereocenters. The number of carboxylic acids is 1. The molecule has 0 bridgehead atoms. The van der Waals surface area contributed by atoms with Crippen molar-refractivity contribution < 1.29 is 51.0 Å². The van der Waals surface area contributed by atoms with Gasteiger partial charge in [-0.1, -0.05) is 5.16 Å². The number of carbonyl (C=O) groups excluding carboxylic acids is 2. The van der Waals surface area contributed by atoms with Gasteiger partial charge in [-0.25, -0.2) is 9.78 Å². The first-order valence-electron chi connectivity index (χ1n) is 13.7. The Morgan fingerprint density at radius 1 is 1.33 bits per heavy atom. The first-order chi connectivity index (χ1) is 21.1. The van der Waals surface area contributed by atoms with E-state index in [9.17, 15) is 27.9 Å². The van der Waals surface area contributed by atoms with Crippen LogP contribution in [0.15, 0.2) is 34.9 Å². The van der Waals surface area contributed by atoms with Gasteiger partial charge in [0, 0.05) is 30.8 Å². The van der Waals surface area contributed by atoms with Gasteiger partial charge in [0.15, 0.2) is 23.2 Å². The molecule has 3 aromatic rings. The predicted octanol–water partition coefficient (Wildman–Crippen LogP) is -0.0926. The van der Waals surface area contributed by atoms with E-state index in [1.165, 1.54) is 19.2 Å². The van der Waals surface area contributed by atoms with Crippen molar-refractivity contribution in [2.75, 3.05) is 25.4 Å². The number of aryl methyl sites for hydroxylation is 1. The molecule has 0 radical (unpaired) electrons. The first-order valence-corrected chi connectivity index (χ1v) is 15.9. The molecule has 0 spiro atoms. The van der Waals surface area contributed by atoms with Gasteiger partial charge in [-0.15, -0.1) is 20.3 Å². The van der Waals surface area contributed by atoms with Crippen molar-refractivity contribution >= 4 is 61.1 Å². The molecule has 2 saturated heterocycles. The summed E-state index contributed by atoms with van der Waals surface area (Å²) in [5, 5.41) is 19.7. The number of amides is 1. The Morgan fingerprint density at radius 3 is 2.64 bits per heavy atom. The van der Waals surface area contributed by atoms with Crippen molar-refractivity contribution in [3.8, 4) is 5.75 Å². The molecule has 5 rings (SSSR count). The van der Waals surface area contributed by atoms with E-state index in [1.54, 1.807) is 12.1 Å². The summed E-state index contributed by atoms with van der Waals surface area (Å²) in [5.74, 6) is -3.16. The van der Waals surface area contributed by atoms with Gasteiger partial charge in [0.25, 0.3) is 12.0 Å². The number of β-lactam (4-membered cyclic amide) rings is 1. The minimum Gasteiger partial charge on any atom is -0.489 e. The van der Waals surface area contributed by atoms with Crippen LogP contribution in [0.25, 0.3) is 10.9 Å². The molecule has 2 fully saturated rings. The van der Waals surface area contributed by atoms with Gasteiger partial charge in [-0.05, 0) is 32.0 Å². The van der Waals surface area contributed by atoms with Crippen LogP contribution in [0.3, 0.4) is 0 Å². The lowest BCUT2D eigenvalue weighted by Gasteiger charge is -2.50. The van der Waals surface area contributed by atoms with Gasteiger partial charge in [0.05, 0.1) is 23.9 Å². The number of fused-ring (bicyclic) bond motifs is 1. The molecule has 0 aliphatic carbocycles. The molecule has 2 aliphatic heterocycles. The fourth-order valence-corrected chi connectivity index (χ4v) is 6.05. The third kappa shape index (κ3) is 6.91. The van der Waals surface area contributed by atoms with Crippen LogP contribution in [0.5, 0.6) is 5.75 Å². The quantitative estimate of drug-likeness (QED) is 0.0580. The highest BCUT2D eigenvalue weighted by Gasteiger charge is 2.57. The number of carbonyl (C=O) groups is 3. The average molecular weight is 667 g/mol. The van der Waals surface area contributed by atoms with E-state index in [-0.39, 0.29) is 10.8 Å². The second-order valence-electron chi connectivity index (χ2n) is 11.2. The third-order valence-corrected chi connectivity index (χ3v) is 8.75. The number of ether oxygens (including phenoxy) is 1. The number of nitrogens with two attached hydrogens (primary N) is 1. The van der Waals surface area contributed by atoms with Gasteiger partial charge >= 0.3 is 16.4 Å². The number of thiazole rings is 1. The zero-order chi connectivity index (χ0) is 32.7. The van der Waals surface area contributed by atoms with Gasteiger partial charge in [-0.3, -0.25) is 14.1 Å². The number of hydroxylamine groups is 2. The molecule has 17 nitrogen and oxygen atoms in total. The third-order valence-electron chi connectivity index (χ3n) is 7.74. The van der Waals surface area contributed by atoms with Crippen LogP contribution in [0, 0.1) is 11.8 Å². The number of hydrogen-bond acceptors (Lipinski definition) is 13. The van der Waals surface area contributed by atoms with Crippen LogP contribution >= 0.6 is 11.3 Å². The summed E-state index contributed by atoms with van der Waals surface area (Å²) >= 11 is 0.996. The van der Waals surface area contributed by atoms with Crippen LogP contribution in [-0.2, 0) is 47.5 Å². The largest absolute Gasteiger partial charge is 0.489 e. The number of anilines is 1. The lowest BCUT2D eigenvalue weighted by Crippen LogP contribution is -2.68. The normalized spacial score (nSPS) is 19.2. The van der Waals surface area contributed by atoms with Gasteiger partial charge in [-0.2, -0.15) is 18.2 Å². The lowest BCUT2D eigenvalue weighted by molar-refractivity contribution is -0.776. The summed E-state index contributed by atoms with van der Waals surface area (Å²) in [6, 6.07) is 5.36. The standard InChI is InChI=1S/C26H31N7O10S2/c1-26(2)17(23(35)33(26)43-45(38,39)40)7-20(34)22(18-13-44-25(27)29-18)30-42-21(24(36)37)12-41-16-4-5-19-15(6-16)11-32(31(19)3)10-14-8-28-9-14/h4-6,11,13-14,17,21,28H,7-10,12H2,1-3H3,(H3-,27,29,36,37,38,39,40)/p+1/b30-22-/t17-,21+/m1/s1. The van der Waals surface area contributed by atoms with Crippen LogP contribution < -0.4 is 20.5 Å². The number of Topliss-reactive ketones (excluding diaryl/α,β-unsaturated/α-hetero) is 1. The van der Waals surface area contributed by atoms with Gasteiger partial charge in [0.1, 0.15) is 23.6 Å². The Labute approximate surface area is 261 Å². The van der Waals surface area contributed by atoms with Crippen molar-refractivity contribution in [1.29, 1.82) is 0 Å². The Balaban J connectivity index is 1.29. The molecule has 19 heteroatoms. The molecular formula is C26H32N7O10S2+. The number of nitrogens with one attached hydrogen (secondary N) is 1. The Morgan fingerprint density at radius 2 is 2.07 bits per heavy atom. The Kier molecular flexibility index (Phi) is 8.82. The van der Waals surface area contributed by atoms with Gasteiger partial charge in [0.2, 0.25) is 6.20 Å². The molecule has 4 heterocycles. The second-order valence-corrected chi connectivity index (χ2v) is 13.1. The van der Waals surface area contributed by atoms with Crippen LogP contribution in [0.1, 0.15) is 26.0 Å². The molecule has 0 saturated carbocycles. The molecular weight excluding hydrogens is 634 g/mol. The highest BCUT2D eigenvalue weighted by atomic mass is 32.3. The maximum atomic E-state index is 13.3. The van der Waals surface area contributed by atoms with E-state index in [0.717, 1.165) is 41.9 Å². The molecule has 2 aromatic heterocycles. The van der Waals surface area contributed by atoms with Gasteiger partial charge < -0.3 is 25.7 Å². The number of nitrogen functional groups attached to an aromatic ring is 1. The zero-order valence-corrected chi connectivity index (χ0v) is 26.1. The molecule has 45 heavy (non-hydrogen) atoms. The number of hydrogen-bond donors (Lipinski definition) is 4. The summed E-state index contributed by atoms with van der Waals surface area (Å²) in [4.78, 5) is 47.2. The number of aliphatic carboxylic acids is 1. The molecule has 242 valence electrons. The zero-order valence-electron chi connectivity index (χ0n) is 24.4. The fourth-order valence-electron chi connectivity index (χ4n) is 5.04. The minimum absolute atomic E-state index is 0.0105. The van der Waals surface area contributed by atoms with E-state index in [4.69, 9.17) is 19.9 Å². The maximum absolute atomic E-state index is 13.3. The van der Waals surface area contributed by atoms with Crippen molar-refractivity contribution in [1.82, 2.24) is 20.0 Å². The monoisotopic (exact) mass is 666 g/mol. The molecule has 5 N–H and O–H groups in total. The second kappa shape index (κ2) is 12.3. The Bertz CT molecular complexity index is 1780. The number of oxime groups is 1. The summed E-state index contributed by atoms with van der Waals surface area (Å²) in [6.07, 6.45) is -0.124. The van der Waals surface area contributed by atoms with E-state index in [0.29, 0.717) is 16.7 Å². The average Bonchev–Trinajstić information content (AvgIpc) is 3.50. The predicted molar refractivity (Wildman–Crippen MR) is 157 cm³/mol. The molecule has 2 aliphatic rings. The number of rotatable bonds is 14. The van der Waals surface area contributed by atoms with Crippen LogP contribution in [0.4, 0.5) is 5.13 Å². The molecule has 1 amide bonds. The Hall–Kier alpha value is -4.17.